The molecule has 0 heterocycles. The molecule has 0 saturated carbocycles. The highest BCUT2D eigenvalue weighted by atomic mass is 16.5. The van der Waals surface area contributed by atoms with Gasteiger partial charge in [0.25, 0.3) is 0 Å². The summed E-state index contributed by atoms with van der Waals surface area (Å²) < 4.78 is 12.0. The molecule has 0 fully saturated rings. The third-order valence-corrected chi connectivity index (χ3v) is 5.46. The number of aliphatic hydroxyl groups excluding tert-OH is 1. The van der Waals surface area contributed by atoms with Crippen molar-refractivity contribution in [3.8, 4) is 0 Å². The van der Waals surface area contributed by atoms with E-state index in [1.54, 1.807) is 6.08 Å². The van der Waals surface area contributed by atoms with Gasteiger partial charge in [0, 0.05) is 25.0 Å². The van der Waals surface area contributed by atoms with Gasteiger partial charge in [-0.05, 0) is 50.0 Å². The molecule has 4 nitrogen and oxygen atoms in total. The van der Waals surface area contributed by atoms with Crippen LogP contribution in [0.3, 0.4) is 0 Å². The van der Waals surface area contributed by atoms with Crippen LogP contribution in [0, 0.1) is 17.3 Å². The Kier molecular flexibility index (Phi) is 14.5. The van der Waals surface area contributed by atoms with E-state index in [0.717, 1.165) is 32.1 Å². The number of hydrogen-bond acceptors (Lipinski definition) is 4. The summed E-state index contributed by atoms with van der Waals surface area (Å²) in [5, 5.41) is 9.56. The molecule has 0 radical (unpaired) electrons. The van der Waals surface area contributed by atoms with Crippen LogP contribution in [-0.2, 0) is 14.3 Å². The smallest absolute Gasteiger partial charge is 0.155 e. The third kappa shape index (κ3) is 12.2. The molecule has 0 aromatic carbocycles. The van der Waals surface area contributed by atoms with Gasteiger partial charge in [0.05, 0.1) is 19.3 Å². The van der Waals surface area contributed by atoms with Gasteiger partial charge in [-0.2, -0.15) is 0 Å². The van der Waals surface area contributed by atoms with Crippen LogP contribution in [0.2, 0.25) is 0 Å². The van der Waals surface area contributed by atoms with E-state index in [2.05, 4.69) is 40.9 Å². The maximum Gasteiger partial charge on any atom is 0.155 e. The molecule has 0 bridgehead atoms. The maximum atomic E-state index is 11.3. The molecule has 0 spiro atoms. The van der Waals surface area contributed by atoms with Crippen LogP contribution in [-0.4, -0.2) is 43.4 Å². The molecular formula is C23H42O4. The number of aliphatic hydroxyl groups is 1. The summed E-state index contributed by atoms with van der Waals surface area (Å²) >= 11 is 0. The number of rotatable bonds is 18. The van der Waals surface area contributed by atoms with E-state index in [-0.39, 0.29) is 11.2 Å². The Morgan fingerprint density at radius 3 is 1.96 bits per heavy atom. The lowest BCUT2D eigenvalue weighted by molar-refractivity contribution is -0.115. The van der Waals surface area contributed by atoms with E-state index in [0.29, 0.717) is 44.7 Å². The van der Waals surface area contributed by atoms with Crippen molar-refractivity contribution in [2.75, 3.05) is 26.4 Å². The van der Waals surface area contributed by atoms with Crippen LogP contribution in [0.25, 0.3) is 0 Å². The number of allylic oxidation sites excluding steroid dienone is 1. The van der Waals surface area contributed by atoms with Crippen molar-refractivity contribution in [1.29, 1.82) is 0 Å². The molecule has 158 valence electrons. The number of ether oxygens (including phenoxy) is 2. The fraction of sp³-hybridized carbons (Fsp3) is 0.783. The highest BCUT2D eigenvalue weighted by Crippen LogP contribution is 2.28. The van der Waals surface area contributed by atoms with Gasteiger partial charge in [-0.15, -0.1) is 6.58 Å². The molecule has 0 amide bonds. The van der Waals surface area contributed by atoms with Gasteiger partial charge in [0.2, 0.25) is 0 Å². The molecule has 27 heavy (non-hydrogen) atoms. The van der Waals surface area contributed by atoms with Gasteiger partial charge in [-0.3, -0.25) is 4.79 Å². The van der Waals surface area contributed by atoms with E-state index in [1.165, 1.54) is 6.08 Å². The van der Waals surface area contributed by atoms with Crippen molar-refractivity contribution in [2.24, 2.45) is 17.3 Å². The van der Waals surface area contributed by atoms with E-state index in [1.807, 2.05) is 0 Å². The molecule has 0 saturated heterocycles. The normalized spacial score (nSPS) is 15.1. The summed E-state index contributed by atoms with van der Waals surface area (Å²) in [5.41, 5.74) is 0.0387. The standard InChI is InChI=1S/C23H42O4/c1-7-21(24)13-11-19(5)15-26-17-23(9-3,10-4)18-27-16-20(6)12-14-22(25)8-2/h7-8,19-21,24H,1-2,9-18H2,3-6H3. The van der Waals surface area contributed by atoms with E-state index in [4.69, 9.17) is 9.47 Å². The predicted octanol–water partition coefficient (Wildman–Crippen LogP) is 4.96. The lowest BCUT2D eigenvalue weighted by Crippen LogP contribution is -2.32. The Balaban J connectivity index is 4.21. The summed E-state index contributed by atoms with van der Waals surface area (Å²) in [6, 6.07) is 0. The first-order valence-corrected chi connectivity index (χ1v) is 10.4. The fourth-order valence-electron chi connectivity index (χ4n) is 2.88. The van der Waals surface area contributed by atoms with Crippen LogP contribution in [0.4, 0.5) is 0 Å². The molecule has 3 atom stereocenters. The van der Waals surface area contributed by atoms with E-state index >= 15 is 0 Å². The quantitative estimate of drug-likeness (QED) is 0.269. The second kappa shape index (κ2) is 15.0. The Morgan fingerprint density at radius 2 is 1.52 bits per heavy atom. The number of carbonyl (C=O) groups excluding carboxylic acids is 1. The predicted molar refractivity (Wildman–Crippen MR) is 113 cm³/mol. The molecule has 0 rings (SSSR count). The van der Waals surface area contributed by atoms with Gasteiger partial charge in [0.15, 0.2) is 5.78 Å². The highest BCUT2D eigenvalue weighted by molar-refractivity contribution is 5.88. The Labute approximate surface area is 167 Å². The van der Waals surface area contributed by atoms with E-state index in [9.17, 15) is 9.90 Å². The van der Waals surface area contributed by atoms with Gasteiger partial charge in [0.1, 0.15) is 0 Å². The van der Waals surface area contributed by atoms with Crippen molar-refractivity contribution in [3.63, 3.8) is 0 Å². The van der Waals surface area contributed by atoms with Crippen molar-refractivity contribution < 1.29 is 19.4 Å². The van der Waals surface area contributed by atoms with Gasteiger partial charge in [-0.1, -0.05) is 40.3 Å². The molecule has 0 aliphatic carbocycles. The Bertz CT molecular complexity index is 415. The van der Waals surface area contributed by atoms with Crippen molar-refractivity contribution in [3.05, 3.63) is 25.3 Å². The van der Waals surface area contributed by atoms with Crippen LogP contribution in [0.5, 0.6) is 0 Å². The fourth-order valence-corrected chi connectivity index (χ4v) is 2.88. The minimum Gasteiger partial charge on any atom is -0.389 e. The Morgan fingerprint density at radius 1 is 1.00 bits per heavy atom. The first kappa shape index (κ1) is 26.0. The molecule has 0 aromatic heterocycles. The molecule has 4 heteroatoms. The molecule has 0 aromatic rings. The maximum absolute atomic E-state index is 11.3. The monoisotopic (exact) mass is 382 g/mol. The Hall–Kier alpha value is -0.970. The van der Waals surface area contributed by atoms with Gasteiger partial charge >= 0.3 is 0 Å². The van der Waals surface area contributed by atoms with Gasteiger partial charge in [-0.25, -0.2) is 0 Å². The van der Waals surface area contributed by atoms with Crippen LogP contribution in [0.1, 0.15) is 66.2 Å². The number of ketones is 1. The molecule has 0 aliphatic rings. The topological polar surface area (TPSA) is 55.8 Å². The summed E-state index contributed by atoms with van der Waals surface area (Å²) in [5.74, 6) is 0.869. The second-order valence-electron chi connectivity index (χ2n) is 8.04. The molecule has 0 aliphatic heterocycles. The summed E-state index contributed by atoms with van der Waals surface area (Å²) in [4.78, 5) is 11.3. The zero-order valence-electron chi connectivity index (χ0n) is 18.0. The van der Waals surface area contributed by atoms with Crippen molar-refractivity contribution in [1.82, 2.24) is 0 Å². The summed E-state index contributed by atoms with van der Waals surface area (Å²) in [6.45, 7) is 18.5. The SMILES string of the molecule is C=CC(=O)CCC(C)COCC(CC)(CC)COCC(C)CCC(O)C=C. The van der Waals surface area contributed by atoms with Crippen LogP contribution < -0.4 is 0 Å². The zero-order chi connectivity index (χ0) is 20.7. The van der Waals surface area contributed by atoms with Crippen LogP contribution in [0.15, 0.2) is 25.3 Å². The average molecular weight is 383 g/mol. The zero-order valence-corrected chi connectivity index (χ0v) is 18.0. The average Bonchev–Trinajstić information content (AvgIpc) is 2.68. The number of carbonyl (C=O) groups is 1. The lowest BCUT2D eigenvalue weighted by atomic mass is 9.84. The first-order chi connectivity index (χ1) is 12.8. The first-order valence-electron chi connectivity index (χ1n) is 10.4. The molecule has 3 unspecified atom stereocenters. The van der Waals surface area contributed by atoms with Crippen molar-refractivity contribution >= 4 is 5.78 Å². The third-order valence-electron chi connectivity index (χ3n) is 5.46. The highest BCUT2D eigenvalue weighted by Gasteiger charge is 2.27. The molecular weight excluding hydrogens is 340 g/mol. The van der Waals surface area contributed by atoms with Gasteiger partial charge < -0.3 is 14.6 Å². The largest absolute Gasteiger partial charge is 0.389 e. The minimum absolute atomic E-state index is 0.0387. The minimum atomic E-state index is -0.421. The number of hydrogen-bond donors (Lipinski definition) is 1. The lowest BCUT2D eigenvalue weighted by Gasteiger charge is -2.32. The van der Waals surface area contributed by atoms with Crippen LogP contribution >= 0.6 is 0 Å². The summed E-state index contributed by atoms with van der Waals surface area (Å²) in [6.07, 6.45) is 7.61. The summed E-state index contributed by atoms with van der Waals surface area (Å²) in [7, 11) is 0. The van der Waals surface area contributed by atoms with E-state index < -0.39 is 6.10 Å². The second-order valence-corrected chi connectivity index (χ2v) is 8.04. The van der Waals surface area contributed by atoms with Crippen molar-refractivity contribution in [2.45, 2.75) is 72.3 Å². The molecule has 1 N–H and O–H groups in total.